The first-order valence-electron chi connectivity index (χ1n) is 10.3. The van der Waals surface area contributed by atoms with E-state index in [0.717, 1.165) is 15.5 Å². The summed E-state index contributed by atoms with van der Waals surface area (Å²) in [5.41, 5.74) is 0.140. The van der Waals surface area contributed by atoms with Crippen LogP contribution in [0.5, 0.6) is 5.75 Å². The molecular weight excluding hydrogens is 458 g/mol. The molecule has 9 heteroatoms. The van der Waals surface area contributed by atoms with Gasteiger partial charge in [-0.1, -0.05) is 25.3 Å². The molecule has 1 amide bonds. The molecule has 0 saturated heterocycles. The van der Waals surface area contributed by atoms with Crippen molar-refractivity contribution in [1.82, 2.24) is 5.32 Å². The molecule has 8 nitrogen and oxygen atoms in total. The zero-order valence-electron chi connectivity index (χ0n) is 18.5. The fourth-order valence-corrected chi connectivity index (χ4v) is 4.04. The van der Waals surface area contributed by atoms with Crippen LogP contribution in [-0.2, 0) is 23.9 Å². The lowest BCUT2D eigenvalue weighted by Crippen LogP contribution is -2.39. The minimum Gasteiger partial charge on any atom is -0.484 e. The standard InChI is InChI=1S/C25H23NO7S/c1-4-23(28)33-17(13-32-25(30)15(2)3)12-26-22(27)14-31-16-9-10-19-21(11-16)34-20-8-6-5-7-18(20)24(19)29/h4-11,17H,1-2,12-14H2,3H3,(H,26,27). The number of hydrogen-bond acceptors (Lipinski definition) is 8. The normalized spacial score (nSPS) is 11.4. The molecule has 0 bridgehead atoms. The quantitative estimate of drug-likeness (QED) is 0.269. The molecule has 0 aliphatic heterocycles. The lowest BCUT2D eigenvalue weighted by atomic mass is 10.2. The fraction of sp³-hybridized carbons (Fsp3) is 0.200. The van der Waals surface area contributed by atoms with Crippen LogP contribution in [0.25, 0.3) is 20.2 Å². The van der Waals surface area contributed by atoms with Crippen LogP contribution in [0.2, 0.25) is 0 Å². The van der Waals surface area contributed by atoms with Crippen molar-refractivity contribution in [3.8, 4) is 5.75 Å². The van der Waals surface area contributed by atoms with E-state index < -0.39 is 23.9 Å². The molecule has 1 N–H and O–H groups in total. The molecule has 0 radical (unpaired) electrons. The third-order valence-electron chi connectivity index (χ3n) is 4.64. The number of ether oxygens (including phenoxy) is 3. The molecule has 0 spiro atoms. The average Bonchev–Trinajstić information content (AvgIpc) is 2.83. The van der Waals surface area contributed by atoms with Crippen molar-refractivity contribution in [1.29, 1.82) is 0 Å². The van der Waals surface area contributed by atoms with Crippen LogP contribution in [0.3, 0.4) is 0 Å². The summed E-state index contributed by atoms with van der Waals surface area (Å²) in [6.07, 6.45) is 0.0550. The number of rotatable bonds is 10. The molecule has 34 heavy (non-hydrogen) atoms. The number of hydrogen-bond donors (Lipinski definition) is 1. The molecule has 0 fully saturated rings. The molecule has 1 unspecified atom stereocenters. The van der Waals surface area contributed by atoms with Crippen LogP contribution in [0.4, 0.5) is 0 Å². The molecule has 0 aliphatic carbocycles. The number of carbonyl (C=O) groups excluding carboxylic acids is 3. The Morgan fingerprint density at radius 1 is 1.12 bits per heavy atom. The minimum atomic E-state index is -0.913. The van der Waals surface area contributed by atoms with Gasteiger partial charge in [-0.25, -0.2) is 9.59 Å². The summed E-state index contributed by atoms with van der Waals surface area (Å²) < 4.78 is 17.3. The molecule has 0 aliphatic rings. The van der Waals surface area contributed by atoms with E-state index >= 15 is 0 Å². The monoisotopic (exact) mass is 481 g/mol. The van der Waals surface area contributed by atoms with Gasteiger partial charge in [0, 0.05) is 31.8 Å². The summed E-state index contributed by atoms with van der Waals surface area (Å²) in [6.45, 7) is 7.61. The first kappa shape index (κ1) is 24.7. The molecule has 3 aromatic rings. The van der Waals surface area contributed by atoms with Crippen LogP contribution in [0.1, 0.15) is 6.92 Å². The molecular formula is C25H23NO7S. The molecule has 0 saturated carbocycles. The van der Waals surface area contributed by atoms with E-state index in [9.17, 15) is 19.2 Å². The summed E-state index contributed by atoms with van der Waals surface area (Å²) in [5.74, 6) is -1.40. The van der Waals surface area contributed by atoms with Crippen molar-refractivity contribution in [2.24, 2.45) is 0 Å². The smallest absolute Gasteiger partial charge is 0.333 e. The highest BCUT2D eigenvalue weighted by Gasteiger charge is 2.17. The van der Waals surface area contributed by atoms with Crippen LogP contribution in [-0.4, -0.2) is 43.7 Å². The topological polar surface area (TPSA) is 108 Å². The van der Waals surface area contributed by atoms with Crippen molar-refractivity contribution in [2.45, 2.75) is 13.0 Å². The van der Waals surface area contributed by atoms with Gasteiger partial charge in [0.15, 0.2) is 18.1 Å². The molecule has 1 atom stereocenters. The number of carbonyl (C=O) groups is 3. The second-order valence-electron chi connectivity index (χ2n) is 7.32. The van der Waals surface area contributed by atoms with Gasteiger partial charge >= 0.3 is 11.9 Å². The van der Waals surface area contributed by atoms with Gasteiger partial charge in [0.25, 0.3) is 5.91 Å². The minimum absolute atomic E-state index is 0.0545. The van der Waals surface area contributed by atoms with Gasteiger partial charge in [-0.2, -0.15) is 0 Å². The maximum atomic E-state index is 12.7. The highest BCUT2D eigenvalue weighted by molar-refractivity contribution is 7.24. The van der Waals surface area contributed by atoms with E-state index in [1.807, 2.05) is 18.2 Å². The number of nitrogens with one attached hydrogen (secondary N) is 1. The molecule has 1 aromatic heterocycles. The van der Waals surface area contributed by atoms with Crippen molar-refractivity contribution in [2.75, 3.05) is 19.8 Å². The van der Waals surface area contributed by atoms with Gasteiger partial charge in [0.2, 0.25) is 0 Å². The van der Waals surface area contributed by atoms with Crippen LogP contribution >= 0.6 is 11.3 Å². The van der Waals surface area contributed by atoms with Gasteiger partial charge < -0.3 is 19.5 Å². The van der Waals surface area contributed by atoms with E-state index in [-0.39, 0.29) is 30.8 Å². The SMILES string of the molecule is C=CC(=O)OC(CNC(=O)COc1ccc2c(=O)c3ccccc3sc2c1)COC(=O)C(=C)C. The van der Waals surface area contributed by atoms with E-state index in [0.29, 0.717) is 16.5 Å². The lowest BCUT2D eigenvalue weighted by Gasteiger charge is -2.18. The van der Waals surface area contributed by atoms with Crippen molar-refractivity contribution in [3.05, 3.63) is 77.5 Å². The Bertz CT molecular complexity index is 1330. The second kappa shape index (κ2) is 11.2. The average molecular weight is 482 g/mol. The van der Waals surface area contributed by atoms with Crippen LogP contribution in [0.15, 0.2) is 72.1 Å². The molecule has 1 heterocycles. The fourth-order valence-electron chi connectivity index (χ4n) is 2.94. The maximum absolute atomic E-state index is 12.7. The predicted molar refractivity (Wildman–Crippen MR) is 130 cm³/mol. The third kappa shape index (κ3) is 6.29. The molecule has 176 valence electrons. The summed E-state index contributed by atoms with van der Waals surface area (Å²) in [6, 6.07) is 12.4. The van der Waals surface area contributed by atoms with Crippen molar-refractivity contribution in [3.63, 3.8) is 0 Å². The van der Waals surface area contributed by atoms with Gasteiger partial charge in [0.1, 0.15) is 12.4 Å². The third-order valence-corrected chi connectivity index (χ3v) is 5.78. The summed E-state index contributed by atoms with van der Waals surface area (Å²) >= 11 is 1.46. The van der Waals surface area contributed by atoms with Crippen molar-refractivity contribution < 1.29 is 28.6 Å². The number of fused-ring (bicyclic) bond motifs is 2. The van der Waals surface area contributed by atoms with Gasteiger partial charge in [-0.3, -0.25) is 9.59 Å². The summed E-state index contributed by atoms with van der Waals surface area (Å²) in [4.78, 5) is 48.0. The summed E-state index contributed by atoms with van der Waals surface area (Å²) in [5, 5.41) is 3.81. The number of esters is 2. The van der Waals surface area contributed by atoms with E-state index in [2.05, 4.69) is 18.5 Å². The Balaban J connectivity index is 1.60. The van der Waals surface area contributed by atoms with E-state index in [4.69, 9.17) is 14.2 Å². The summed E-state index contributed by atoms with van der Waals surface area (Å²) in [7, 11) is 0. The van der Waals surface area contributed by atoms with Gasteiger partial charge in [0.05, 0.1) is 6.54 Å². The second-order valence-corrected chi connectivity index (χ2v) is 8.40. The number of benzene rings is 2. The molecule has 2 aromatic carbocycles. The van der Waals surface area contributed by atoms with Gasteiger partial charge in [-0.15, -0.1) is 11.3 Å². The first-order chi connectivity index (χ1) is 16.3. The Hall–Kier alpha value is -3.98. The zero-order chi connectivity index (χ0) is 24.7. The Morgan fingerprint density at radius 3 is 2.59 bits per heavy atom. The van der Waals surface area contributed by atoms with E-state index in [1.165, 1.54) is 18.3 Å². The lowest BCUT2D eigenvalue weighted by molar-refractivity contribution is -0.153. The maximum Gasteiger partial charge on any atom is 0.333 e. The number of amides is 1. The Kier molecular flexibility index (Phi) is 8.15. The largest absolute Gasteiger partial charge is 0.484 e. The van der Waals surface area contributed by atoms with Crippen molar-refractivity contribution >= 4 is 49.4 Å². The molecule has 3 rings (SSSR count). The Morgan fingerprint density at radius 2 is 1.85 bits per heavy atom. The van der Waals surface area contributed by atoms with Crippen LogP contribution < -0.4 is 15.5 Å². The van der Waals surface area contributed by atoms with E-state index in [1.54, 1.807) is 24.3 Å². The van der Waals surface area contributed by atoms with Crippen LogP contribution in [0, 0.1) is 0 Å². The predicted octanol–water partition coefficient (Wildman–Crippen LogP) is 3.13. The van der Waals surface area contributed by atoms with Gasteiger partial charge in [-0.05, 0) is 37.3 Å². The zero-order valence-corrected chi connectivity index (χ0v) is 19.3. The highest BCUT2D eigenvalue weighted by atomic mass is 32.1. The first-order valence-corrected chi connectivity index (χ1v) is 11.1. The Labute approximate surface area is 199 Å². The highest BCUT2D eigenvalue weighted by Crippen LogP contribution is 2.27.